The maximum Gasteiger partial charge on any atom is 0.384 e. The summed E-state index contributed by atoms with van der Waals surface area (Å²) in [6.45, 7) is 8.84. The first-order valence-corrected chi connectivity index (χ1v) is 6.52. The Morgan fingerprint density at radius 1 is 1.50 bits per heavy atom. The van der Waals surface area contributed by atoms with Crippen molar-refractivity contribution < 1.29 is 9.53 Å². The molecule has 1 rings (SSSR count). The molecule has 0 aromatic rings. The molecule has 0 N–H and O–H groups in total. The third-order valence-corrected chi connectivity index (χ3v) is 3.33. The molecule has 18 heavy (non-hydrogen) atoms. The van der Waals surface area contributed by atoms with Crippen LogP contribution in [0.5, 0.6) is 0 Å². The minimum Gasteiger partial charge on any atom is -0.456 e. The lowest BCUT2D eigenvalue weighted by molar-refractivity contribution is -0.136. The van der Waals surface area contributed by atoms with Crippen LogP contribution in [0.15, 0.2) is 23.3 Å². The van der Waals surface area contributed by atoms with Crippen molar-refractivity contribution in [1.29, 1.82) is 0 Å². The van der Waals surface area contributed by atoms with E-state index in [9.17, 15) is 4.79 Å². The molecule has 0 unspecified atom stereocenters. The Kier molecular flexibility index (Phi) is 5.22. The summed E-state index contributed by atoms with van der Waals surface area (Å²) in [5.74, 6) is 4.72. The van der Waals surface area contributed by atoms with E-state index in [2.05, 4.69) is 32.6 Å². The zero-order valence-electron chi connectivity index (χ0n) is 11.8. The van der Waals surface area contributed by atoms with E-state index < -0.39 is 5.97 Å². The summed E-state index contributed by atoms with van der Waals surface area (Å²) in [7, 11) is 0. The van der Waals surface area contributed by atoms with Gasteiger partial charge in [0.25, 0.3) is 0 Å². The van der Waals surface area contributed by atoms with E-state index in [0.717, 1.165) is 6.42 Å². The van der Waals surface area contributed by atoms with Crippen LogP contribution in [-0.4, -0.2) is 12.6 Å². The molecule has 0 amide bonds. The zero-order valence-corrected chi connectivity index (χ0v) is 11.8. The molecule has 2 heteroatoms. The van der Waals surface area contributed by atoms with E-state index in [-0.39, 0.29) is 5.41 Å². The van der Waals surface area contributed by atoms with E-state index in [0.29, 0.717) is 6.61 Å². The number of rotatable bonds is 2. The van der Waals surface area contributed by atoms with Gasteiger partial charge in [0, 0.05) is 5.92 Å². The normalized spacial score (nSPS) is 18.4. The maximum atomic E-state index is 11.0. The number of ether oxygens (including phenoxy) is 1. The molecule has 1 aliphatic carbocycles. The smallest absolute Gasteiger partial charge is 0.384 e. The summed E-state index contributed by atoms with van der Waals surface area (Å²) in [4.78, 5) is 11.0. The van der Waals surface area contributed by atoms with Gasteiger partial charge < -0.3 is 4.74 Å². The molecule has 0 spiro atoms. The van der Waals surface area contributed by atoms with Crippen molar-refractivity contribution in [2.24, 2.45) is 5.41 Å². The van der Waals surface area contributed by atoms with Gasteiger partial charge in [0.15, 0.2) is 0 Å². The molecule has 0 radical (unpaired) electrons. The van der Waals surface area contributed by atoms with E-state index in [1.807, 2.05) is 6.08 Å². The second-order valence-electron chi connectivity index (χ2n) is 5.25. The summed E-state index contributed by atoms with van der Waals surface area (Å²) >= 11 is 0. The number of esters is 1. The van der Waals surface area contributed by atoms with E-state index >= 15 is 0 Å². The predicted octanol–water partition coefficient (Wildman–Crippen LogP) is 3.64. The lowest BCUT2D eigenvalue weighted by Crippen LogP contribution is -2.18. The van der Waals surface area contributed by atoms with E-state index in [4.69, 9.17) is 4.74 Å². The fourth-order valence-corrected chi connectivity index (χ4v) is 2.40. The Balaban J connectivity index is 2.74. The first kappa shape index (κ1) is 14.6. The zero-order chi connectivity index (χ0) is 13.6. The number of hydrogen-bond acceptors (Lipinski definition) is 2. The molecule has 0 atom stereocenters. The lowest BCUT2D eigenvalue weighted by atomic mass is 9.73. The van der Waals surface area contributed by atoms with Crippen molar-refractivity contribution in [3.8, 4) is 11.8 Å². The molecular weight excluding hydrogens is 224 g/mol. The third-order valence-electron chi connectivity index (χ3n) is 3.33. The summed E-state index contributed by atoms with van der Waals surface area (Å²) in [6.07, 6.45) is 7.41. The number of carbonyl (C=O) groups excluding carboxylic acids is 1. The lowest BCUT2D eigenvalue weighted by Gasteiger charge is -2.32. The second-order valence-corrected chi connectivity index (χ2v) is 5.25. The van der Waals surface area contributed by atoms with Crippen LogP contribution in [0.3, 0.4) is 0 Å². The minimum atomic E-state index is -0.462. The molecule has 0 saturated carbocycles. The van der Waals surface area contributed by atoms with Crippen LogP contribution in [0.4, 0.5) is 0 Å². The fraction of sp³-hybridized carbons (Fsp3) is 0.562. The van der Waals surface area contributed by atoms with E-state index in [1.165, 1.54) is 24.0 Å². The SMILES string of the molecule is CCOC(=O)C#CC=CC1=C(C)CCCC1(C)C. The Labute approximate surface area is 110 Å². The molecule has 98 valence electrons. The summed E-state index contributed by atoms with van der Waals surface area (Å²) < 4.78 is 4.74. The Bertz CT molecular complexity index is 428. The predicted molar refractivity (Wildman–Crippen MR) is 73.9 cm³/mol. The van der Waals surface area contributed by atoms with Gasteiger partial charge in [-0.2, -0.15) is 0 Å². The highest BCUT2D eigenvalue weighted by molar-refractivity contribution is 5.88. The van der Waals surface area contributed by atoms with Crippen LogP contribution >= 0.6 is 0 Å². The molecule has 2 nitrogen and oxygen atoms in total. The molecule has 0 saturated heterocycles. The average molecular weight is 246 g/mol. The largest absolute Gasteiger partial charge is 0.456 e. The fourth-order valence-electron chi connectivity index (χ4n) is 2.40. The first-order chi connectivity index (χ1) is 8.47. The summed E-state index contributed by atoms with van der Waals surface area (Å²) in [5.41, 5.74) is 3.00. The van der Waals surface area contributed by atoms with Crippen molar-refractivity contribution in [1.82, 2.24) is 0 Å². The molecule has 0 aliphatic heterocycles. The summed E-state index contributed by atoms with van der Waals surface area (Å²) in [6, 6.07) is 0. The number of allylic oxidation sites excluding steroid dienone is 4. The van der Waals surface area contributed by atoms with Gasteiger partial charge in [0.05, 0.1) is 6.61 Å². The summed E-state index contributed by atoms with van der Waals surface area (Å²) in [5, 5.41) is 0. The molecular formula is C16H22O2. The minimum absolute atomic E-state index is 0.213. The van der Waals surface area contributed by atoms with Gasteiger partial charge in [-0.1, -0.05) is 31.4 Å². The molecule has 0 heterocycles. The van der Waals surface area contributed by atoms with Gasteiger partial charge in [-0.3, -0.25) is 0 Å². The number of hydrogen-bond donors (Lipinski definition) is 0. The Hall–Kier alpha value is -1.49. The third kappa shape index (κ3) is 4.07. The molecule has 1 aliphatic rings. The number of carbonyl (C=O) groups is 1. The van der Waals surface area contributed by atoms with Gasteiger partial charge in [-0.05, 0) is 50.2 Å². The highest BCUT2D eigenvalue weighted by Crippen LogP contribution is 2.40. The topological polar surface area (TPSA) is 26.3 Å². The van der Waals surface area contributed by atoms with Crippen molar-refractivity contribution in [3.05, 3.63) is 23.3 Å². The van der Waals surface area contributed by atoms with Crippen LogP contribution in [0.25, 0.3) is 0 Å². The van der Waals surface area contributed by atoms with Crippen molar-refractivity contribution in [3.63, 3.8) is 0 Å². The molecule has 0 bridgehead atoms. The highest BCUT2D eigenvalue weighted by atomic mass is 16.5. The van der Waals surface area contributed by atoms with Gasteiger partial charge >= 0.3 is 5.97 Å². The second kappa shape index (κ2) is 6.44. The molecule has 0 fully saturated rings. The van der Waals surface area contributed by atoms with E-state index in [1.54, 1.807) is 13.0 Å². The molecule has 0 aromatic carbocycles. The monoisotopic (exact) mass is 246 g/mol. The standard InChI is InChI=1S/C16H22O2/c1-5-18-15(17)11-7-6-10-14-13(2)9-8-12-16(14,3)4/h6,10H,5,8-9,12H2,1-4H3. The maximum absolute atomic E-state index is 11.0. The molecule has 0 aromatic heterocycles. The highest BCUT2D eigenvalue weighted by Gasteiger charge is 2.26. The van der Waals surface area contributed by atoms with Gasteiger partial charge in [0.2, 0.25) is 0 Å². The van der Waals surface area contributed by atoms with Crippen LogP contribution in [-0.2, 0) is 9.53 Å². The van der Waals surface area contributed by atoms with Crippen molar-refractivity contribution in [2.45, 2.75) is 47.0 Å². The van der Waals surface area contributed by atoms with Crippen LogP contribution < -0.4 is 0 Å². The van der Waals surface area contributed by atoms with Crippen molar-refractivity contribution >= 4 is 5.97 Å². The van der Waals surface area contributed by atoms with Crippen LogP contribution in [0.1, 0.15) is 47.0 Å². The average Bonchev–Trinajstić information content (AvgIpc) is 2.27. The van der Waals surface area contributed by atoms with Gasteiger partial charge in [-0.25, -0.2) is 4.79 Å². The van der Waals surface area contributed by atoms with Gasteiger partial charge in [-0.15, -0.1) is 0 Å². The van der Waals surface area contributed by atoms with Gasteiger partial charge in [0.1, 0.15) is 0 Å². The van der Waals surface area contributed by atoms with Crippen LogP contribution in [0, 0.1) is 17.3 Å². The van der Waals surface area contributed by atoms with Crippen molar-refractivity contribution in [2.75, 3.05) is 6.61 Å². The first-order valence-electron chi connectivity index (χ1n) is 6.52. The quantitative estimate of drug-likeness (QED) is 0.422. The Morgan fingerprint density at radius 3 is 2.83 bits per heavy atom. The Morgan fingerprint density at radius 2 is 2.22 bits per heavy atom. The van der Waals surface area contributed by atoms with Crippen LogP contribution in [0.2, 0.25) is 0 Å².